The normalized spacial score (nSPS) is 13.9. The minimum Gasteiger partial charge on any atom is -0.480 e. The molecular formula is C11H19N3O4. The topological polar surface area (TPSA) is 90.0 Å². The fourth-order valence-corrected chi connectivity index (χ4v) is 1.50. The molecule has 0 bridgehead atoms. The van der Waals surface area contributed by atoms with E-state index in [0.717, 1.165) is 12.8 Å². The first-order chi connectivity index (χ1) is 8.41. The largest absolute Gasteiger partial charge is 0.480 e. The third-order valence-corrected chi connectivity index (χ3v) is 2.67. The van der Waals surface area contributed by atoms with Crippen molar-refractivity contribution in [3.63, 3.8) is 0 Å². The Morgan fingerprint density at radius 2 is 1.89 bits per heavy atom. The van der Waals surface area contributed by atoms with Gasteiger partial charge in [-0.2, -0.15) is 0 Å². The van der Waals surface area contributed by atoms with E-state index in [1.165, 1.54) is 9.80 Å². The molecule has 0 aromatic rings. The summed E-state index contributed by atoms with van der Waals surface area (Å²) in [5.74, 6) is -1.10. The van der Waals surface area contributed by atoms with Gasteiger partial charge < -0.3 is 20.2 Å². The quantitative estimate of drug-likeness (QED) is 0.685. The molecule has 7 nitrogen and oxygen atoms in total. The number of amides is 3. The lowest BCUT2D eigenvalue weighted by molar-refractivity contribution is -0.137. The molecule has 0 radical (unpaired) electrons. The second kappa shape index (κ2) is 6.23. The van der Waals surface area contributed by atoms with Crippen LogP contribution in [0.5, 0.6) is 0 Å². The summed E-state index contributed by atoms with van der Waals surface area (Å²) in [5, 5.41) is 11.3. The van der Waals surface area contributed by atoms with Gasteiger partial charge in [0.15, 0.2) is 0 Å². The lowest BCUT2D eigenvalue weighted by atomic mass is 10.4. The van der Waals surface area contributed by atoms with Gasteiger partial charge in [0.2, 0.25) is 5.91 Å². The van der Waals surface area contributed by atoms with Gasteiger partial charge in [0.05, 0.1) is 0 Å². The summed E-state index contributed by atoms with van der Waals surface area (Å²) in [7, 11) is 3.29. The van der Waals surface area contributed by atoms with E-state index >= 15 is 0 Å². The zero-order valence-electron chi connectivity index (χ0n) is 10.7. The van der Waals surface area contributed by atoms with Gasteiger partial charge in [-0.05, 0) is 12.8 Å². The molecule has 0 unspecified atom stereocenters. The van der Waals surface area contributed by atoms with Crippen molar-refractivity contribution in [2.24, 2.45) is 0 Å². The van der Waals surface area contributed by atoms with Gasteiger partial charge in [0, 0.05) is 33.1 Å². The number of aliphatic carboxylic acids is 1. The van der Waals surface area contributed by atoms with E-state index in [1.54, 1.807) is 14.1 Å². The van der Waals surface area contributed by atoms with Crippen LogP contribution in [0.2, 0.25) is 0 Å². The lowest BCUT2D eigenvalue weighted by Crippen LogP contribution is -2.45. The summed E-state index contributed by atoms with van der Waals surface area (Å²) in [6, 6.07) is -0.378. The SMILES string of the molecule is CN(C)C(=O)CCNC(=O)N(CC(=O)O)C1CC1. The van der Waals surface area contributed by atoms with Crippen LogP contribution < -0.4 is 5.32 Å². The first-order valence-electron chi connectivity index (χ1n) is 5.88. The number of nitrogens with zero attached hydrogens (tertiary/aromatic N) is 2. The monoisotopic (exact) mass is 257 g/mol. The van der Waals surface area contributed by atoms with Crippen LogP contribution in [0.25, 0.3) is 0 Å². The Balaban J connectivity index is 2.33. The first-order valence-corrected chi connectivity index (χ1v) is 5.88. The predicted molar refractivity (Wildman–Crippen MR) is 64.1 cm³/mol. The molecule has 0 spiro atoms. The van der Waals surface area contributed by atoms with Crippen molar-refractivity contribution < 1.29 is 19.5 Å². The molecule has 0 aromatic carbocycles. The molecule has 0 heterocycles. The van der Waals surface area contributed by atoms with E-state index in [9.17, 15) is 14.4 Å². The van der Waals surface area contributed by atoms with Crippen LogP contribution in [0.3, 0.4) is 0 Å². The van der Waals surface area contributed by atoms with E-state index in [-0.39, 0.29) is 31.5 Å². The van der Waals surface area contributed by atoms with Crippen LogP contribution in [0.15, 0.2) is 0 Å². The third-order valence-electron chi connectivity index (χ3n) is 2.67. The van der Waals surface area contributed by atoms with Crippen molar-refractivity contribution in [1.29, 1.82) is 0 Å². The molecule has 0 saturated heterocycles. The van der Waals surface area contributed by atoms with E-state index in [0.29, 0.717) is 0 Å². The highest BCUT2D eigenvalue weighted by atomic mass is 16.4. The highest BCUT2D eigenvalue weighted by Crippen LogP contribution is 2.26. The Hall–Kier alpha value is -1.79. The van der Waals surface area contributed by atoms with Crippen molar-refractivity contribution in [1.82, 2.24) is 15.1 Å². The zero-order valence-corrected chi connectivity index (χ0v) is 10.7. The number of carbonyl (C=O) groups is 3. The van der Waals surface area contributed by atoms with Gasteiger partial charge in [0.25, 0.3) is 0 Å². The van der Waals surface area contributed by atoms with Crippen molar-refractivity contribution in [2.45, 2.75) is 25.3 Å². The van der Waals surface area contributed by atoms with Crippen molar-refractivity contribution in [3.05, 3.63) is 0 Å². The number of carboxylic acids is 1. The average Bonchev–Trinajstić information content (AvgIpc) is 3.08. The second-order valence-electron chi connectivity index (χ2n) is 4.52. The number of urea groups is 1. The fourth-order valence-electron chi connectivity index (χ4n) is 1.50. The number of hydrogen-bond acceptors (Lipinski definition) is 3. The van der Waals surface area contributed by atoms with Gasteiger partial charge in [-0.3, -0.25) is 9.59 Å². The molecule has 0 aliphatic heterocycles. The summed E-state index contributed by atoms with van der Waals surface area (Å²) >= 11 is 0. The molecule has 1 aliphatic rings. The van der Waals surface area contributed by atoms with Crippen LogP contribution in [0.4, 0.5) is 4.79 Å². The van der Waals surface area contributed by atoms with E-state index < -0.39 is 12.0 Å². The van der Waals surface area contributed by atoms with Gasteiger partial charge in [0.1, 0.15) is 6.54 Å². The smallest absolute Gasteiger partial charge is 0.323 e. The van der Waals surface area contributed by atoms with Crippen molar-refractivity contribution in [2.75, 3.05) is 27.2 Å². The summed E-state index contributed by atoms with van der Waals surface area (Å²) in [6.07, 6.45) is 1.90. The minimum atomic E-state index is -1.03. The minimum absolute atomic E-state index is 0.0330. The standard InChI is InChI=1S/C11H19N3O4/c1-13(2)9(15)5-6-12-11(18)14(7-10(16)17)8-3-4-8/h8H,3-7H2,1-2H3,(H,12,18)(H,16,17). The summed E-state index contributed by atoms with van der Waals surface area (Å²) in [4.78, 5) is 36.4. The summed E-state index contributed by atoms with van der Waals surface area (Å²) in [5.41, 5.74) is 0. The highest BCUT2D eigenvalue weighted by Gasteiger charge is 2.33. The second-order valence-corrected chi connectivity index (χ2v) is 4.52. The van der Waals surface area contributed by atoms with Gasteiger partial charge >= 0.3 is 12.0 Å². The van der Waals surface area contributed by atoms with Crippen LogP contribution in [0, 0.1) is 0 Å². The van der Waals surface area contributed by atoms with Crippen LogP contribution >= 0.6 is 0 Å². The first kappa shape index (κ1) is 14.3. The maximum Gasteiger partial charge on any atom is 0.323 e. The number of nitrogens with one attached hydrogen (secondary N) is 1. The average molecular weight is 257 g/mol. The molecule has 18 heavy (non-hydrogen) atoms. The summed E-state index contributed by atoms with van der Waals surface area (Å²) in [6.45, 7) is -0.0726. The molecule has 2 N–H and O–H groups in total. The highest BCUT2D eigenvalue weighted by molar-refractivity contribution is 5.81. The molecule has 1 rings (SSSR count). The molecule has 1 aliphatic carbocycles. The molecule has 0 atom stereocenters. The Bertz CT molecular complexity index is 339. The van der Waals surface area contributed by atoms with E-state index in [2.05, 4.69) is 5.32 Å². The van der Waals surface area contributed by atoms with Crippen LogP contribution in [-0.4, -0.2) is 66.0 Å². The van der Waals surface area contributed by atoms with Gasteiger partial charge in [-0.25, -0.2) is 4.79 Å². The maximum absolute atomic E-state index is 11.7. The Morgan fingerprint density at radius 1 is 1.28 bits per heavy atom. The lowest BCUT2D eigenvalue weighted by Gasteiger charge is -2.20. The zero-order chi connectivity index (χ0) is 13.7. The van der Waals surface area contributed by atoms with Crippen LogP contribution in [-0.2, 0) is 9.59 Å². The van der Waals surface area contributed by atoms with Crippen molar-refractivity contribution in [3.8, 4) is 0 Å². The van der Waals surface area contributed by atoms with Gasteiger partial charge in [-0.15, -0.1) is 0 Å². The third kappa shape index (κ3) is 4.60. The number of carbonyl (C=O) groups excluding carboxylic acids is 2. The molecule has 1 fully saturated rings. The number of hydrogen-bond donors (Lipinski definition) is 2. The van der Waals surface area contributed by atoms with Crippen molar-refractivity contribution >= 4 is 17.9 Å². The Labute approximate surface area is 106 Å². The van der Waals surface area contributed by atoms with Crippen LogP contribution in [0.1, 0.15) is 19.3 Å². The Morgan fingerprint density at radius 3 is 2.33 bits per heavy atom. The predicted octanol–water partition coefficient (Wildman–Crippen LogP) is -0.277. The molecule has 1 saturated carbocycles. The van der Waals surface area contributed by atoms with E-state index in [4.69, 9.17) is 5.11 Å². The Kier molecular flexibility index (Phi) is 4.94. The number of rotatable bonds is 6. The molecule has 0 aromatic heterocycles. The fraction of sp³-hybridized carbons (Fsp3) is 0.727. The number of carboxylic acid groups (broad SMARTS) is 1. The molecular weight excluding hydrogens is 238 g/mol. The molecule has 7 heteroatoms. The summed E-state index contributed by atoms with van der Waals surface area (Å²) < 4.78 is 0. The van der Waals surface area contributed by atoms with Gasteiger partial charge in [-0.1, -0.05) is 0 Å². The molecule has 102 valence electrons. The van der Waals surface area contributed by atoms with E-state index in [1.807, 2.05) is 0 Å². The molecule has 3 amide bonds. The maximum atomic E-state index is 11.7.